The monoisotopic (exact) mass is 400 g/mol. The Kier molecular flexibility index (Phi) is 6.45. The number of benzene rings is 2. The van der Waals surface area contributed by atoms with Gasteiger partial charge in [-0.3, -0.25) is 9.59 Å². The molecule has 28 heavy (non-hydrogen) atoms. The van der Waals surface area contributed by atoms with Crippen molar-refractivity contribution in [3.8, 4) is 11.3 Å². The fourth-order valence-corrected chi connectivity index (χ4v) is 2.69. The lowest BCUT2D eigenvalue weighted by Gasteiger charge is -2.06. The summed E-state index contributed by atoms with van der Waals surface area (Å²) >= 11 is 5.80. The largest absolute Gasteiger partial charge is 0.451 e. The summed E-state index contributed by atoms with van der Waals surface area (Å²) in [6.07, 6.45) is 0.716. The Hall–Kier alpha value is -3.12. The van der Waals surface area contributed by atoms with Gasteiger partial charge in [-0.05, 0) is 55.0 Å². The number of nitrogens with one attached hydrogen (secondary N) is 2. The Labute approximate surface area is 166 Å². The van der Waals surface area contributed by atoms with Crippen molar-refractivity contribution in [1.82, 2.24) is 5.32 Å². The molecule has 0 radical (unpaired) electrons. The van der Waals surface area contributed by atoms with Gasteiger partial charge in [-0.2, -0.15) is 0 Å². The Bertz CT molecular complexity index is 970. The molecule has 5 nitrogen and oxygen atoms in total. The molecule has 1 heterocycles. The minimum absolute atomic E-state index is 0.0869. The number of rotatable bonds is 7. The van der Waals surface area contributed by atoms with Crippen molar-refractivity contribution in [2.45, 2.75) is 12.8 Å². The van der Waals surface area contributed by atoms with Gasteiger partial charge in [-0.15, -0.1) is 0 Å². The smallest absolute Gasteiger partial charge is 0.287 e. The Morgan fingerprint density at radius 3 is 2.50 bits per heavy atom. The van der Waals surface area contributed by atoms with Crippen LogP contribution in [0.2, 0.25) is 5.02 Å². The first-order valence-electron chi connectivity index (χ1n) is 8.71. The number of hydrogen-bond donors (Lipinski definition) is 2. The Morgan fingerprint density at radius 2 is 1.75 bits per heavy atom. The van der Waals surface area contributed by atoms with E-state index in [9.17, 15) is 14.0 Å². The normalized spacial score (nSPS) is 10.5. The Morgan fingerprint density at radius 1 is 1.00 bits per heavy atom. The van der Waals surface area contributed by atoms with E-state index in [1.54, 1.807) is 48.5 Å². The van der Waals surface area contributed by atoms with Crippen molar-refractivity contribution in [2.24, 2.45) is 0 Å². The van der Waals surface area contributed by atoms with Crippen LogP contribution < -0.4 is 10.6 Å². The number of hydrogen-bond acceptors (Lipinski definition) is 3. The average Bonchev–Trinajstić information content (AvgIpc) is 3.17. The molecule has 0 saturated carbocycles. The third-order valence-electron chi connectivity index (χ3n) is 3.96. The molecule has 0 aliphatic carbocycles. The molecule has 3 aromatic rings. The van der Waals surface area contributed by atoms with E-state index in [2.05, 4.69) is 10.6 Å². The summed E-state index contributed by atoms with van der Waals surface area (Å²) in [4.78, 5) is 24.0. The predicted molar refractivity (Wildman–Crippen MR) is 106 cm³/mol. The van der Waals surface area contributed by atoms with E-state index in [-0.39, 0.29) is 23.8 Å². The molecule has 3 rings (SSSR count). The van der Waals surface area contributed by atoms with Gasteiger partial charge in [0.2, 0.25) is 5.91 Å². The molecule has 2 amide bonds. The summed E-state index contributed by atoms with van der Waals surface area (Å²) in [5.41, 5.74) is 0.954. The molecule has 2 aromatic carbocycles. The molecule has 0 fully saturated rings. The van der Waals surface area contributed by atoms with Gasteiger partial charge < -0.3 is 15.1 Å². The van der Waals surface area contributed by atoms with E-state index >= 15 is 0 Å². The highest BCUT2D eigenvalue weighted by Gasteiger charge is 2.14. The molecule has 144 valence electrons. The molecule has 0 bridgehead atoms. The molecule has 0 spiro atoms. The van der Waals surface area contributed by atoms with Gasteiger partial charge in [0.05, 0.1) is 5.56 Å². The van der Waals surface area contributed by atoms with Gasteiger partial charge in [0.25, 0.3) is 5.91 Å². The molecule has 0 saturated heterocycles. The molecule has 1 aromatic heterocycles. The first-order chi connectivity index (χ1) is 13.5. The van der Waals surface area contributed by atoms with E-state index in [1.807, 2.05) is 0 Å². The van der Waals surface area contributed by atoms with Crippen LogP contribution in [-0.4, -0.2) is 18.4 Å². The fraction of sp³-hybridized carbons (Fsp3) is 0.143. The zero-order valence-electron chi connectivity index (χ0n) is 14.9. The summed E-state index contributed by atoms with van der Waals surface area (Å²) in [5, 5.41) is 6.03. The van der Waals surface area contributed by atoms with Gasteiger partial charge in [0.1, 0.15) is 11.6 Å². The second kappa shape index (κ2) is 9.19. The molecule has 2 N–H and O–H groups in total. The van der Waals surface area contributed by atoms with Crippen molar-refractivity contribution in [2.75, 3.05) is 11.9 Å². The quantitative estimate of drug-likeness (QED) is 0.555. The minimum atomic E-state index is -0.421. The number of anilines is 1. The molecule has 0 unspecified atom stereocenters. The van der Waals surface area contributed by atoms with Gasteiger partial charge in [-0.25, -0.2) is 4.39 Å². The van der Waals surface area contributed by atoms with Gasteiger partial charge >= 0.3 is 0 Å². The van der Waals surface area contributed by atoms with Crippen molar-refractivity contribution < 1.29 is 18.4 Å². The van der Waals surface area contributed by atoms with Crippen molar-refractivity contribution >= 4 is 29.1 Å². The maximum absolute atomic E-state index is 13.8. The average molecular weight is 401 g/mol. The number of halogens is 2. The zero-order chi connectivity index (χ0) is 19.9. The van der Waals surface area contributed by atoms with Crippen LogP contribution in [0, 0.1) is 5.82 Å². The molecule has 7 heteroatoms. The topological polar surface area (TPSA) is 71.3 Å². The Balaban J connectivity index is 1.44. The van der Waals surface area contributed by atoms with E-state index in [0.717, 1.165) is 0 Å². The lowest BCUT2D eigenvalue weighted by atomic mass is 10.1. The zero-order valence-corrected chi connectivity index (χ0v) is 15.6. The molecule has 0 atom stereocenters. The molecule has 0 aliphatic heterocycles. The highest BCUT2D eigenvalue weighted by molar-refractivity contribution is 6.30. The van der Waals surface area contributed by atoms with Gasteiger partial charge in [0, 0.05) is 23.7 Å². The van der Waals surface area contributed by atoms with Crippen LogP contribution >= 0.6 is 11.6 Å². The van der Waals surface area contributed by atoms with Crippen LogP contribution in [0.3, 0.4) is 0 Å². The first-order valence-corrected chi connectivity index (χ1v) is 9.09. The van der Waals surface area contributed by atoms with E-state index in [1.165, 1.54) is 12.1 Å². The summed E-state index contributed by atoms with van der Waals surface area (Å²) in [7, 11) is 0. The van der Waals surface area contributed by atoms with E-state index < -0.39 is 11.7 Å². The third kappa shape index (κ3) is 5.20. The van der Waals surface area contributed by atoms with Gasteiger partial charge in [-0.1, -0.05) is 23.7 Å². The maximum atomic E-state index is 13.8. The highest BCUT2D eigenvalue weighted by atomic mass is 35.5. The maximum Gasteiger partial charge on any atom is 0.287 e. The minimum Gasteiger partial charge on any atom is -0.451 e. The molecule has 0 aliphatic rings. The number of carbonyl (C=O) groups is 2. The van der Waals surface area contributed by atoms with Crippen molar-refractivity contribution in [3.63, 3.8) is 0 Å². The third-order valence-corrected chi connectivity index (χ3v) is 4.22. The lowest BCUT2D eigenvalue weighted by Crippen LogP contribution is -2.25. The first kappa shape index (κ1) is 19.6. The summed E-state index contributed by atoms with van der Waals surface area (Å²) in [5.74, 6) is -0.623. The SMILES string of the molecule is O=C(CCCNC(=O)c1ccc(-c2ccccc2F)o1)Nc1ccc(Cl)cc1. The van der Waals surface area contributed by atoms with Crippen molar-refractivity contribution in [1.29, 1.82) is 0 Å². The summed E-state index contributed by atoms with van der Waals surface area (Å²) in [6.45, 7) is 0.308. The van der Waals surface area contributed by atoms with E-state index in [0.29, 0.717) is 29.2 Å². The highest BCUT2D eigenvalue weighted by Crippen LogP contribution is 2.24. The van der Waals surface area contributed by atoms with Crippen LogP contribution in [0.4, 0.5) is 10.1 Å². The number of amides is 2. The molecular weight excluding hydrogens is 383 g/mol. The lowest BCUT2D eigenvalue weighted by molar-refractivity contribution is -0.116. The number of carbonyl (C=O) groups excluding carboxylic acids is 2. The predicted octanol–water partition coefficient (Wildman–Crippen LogP) is 4.89. The number of furan rings is 1. The van der Waals surface area contributed by atoms with Crippen LogP contribution in [0.1, 0.15) is 23.4 Å². The molecular formula is C21H18ClFN2O3. The van der Waals surface area contributed by atoms with Crippen LogP contribution in [-0.2, 0) is 4.79 Å². The fourth-order valence-electron chi connectivity index (χ4n) is 2.56. The van der Waals surface area contributed by atoms with Crippen LogP contribution in [0.25, 0.3) is 11.3 Å². The summed E-state index contributed by atoms with van der Waals surface area (Å²) < 4.78 is 19.2. The van der Waals surface area contributed by atoms with E-state index in [4.69, 9.17) is 16.0 Å². The van der Waals surface area contributed by atoms with Crippen molar-refractivity contribution in [3.05, 3.63) is 77.3 Å². The standard InChI is InChI=1S/C21H18ClFN2O3/c22-14-7-9-15(10-8-14)25-20(26)6-3-13-24-21(27)19-12-11-18(28-19)16-4-1-2-5-17(16)23/h1-2,4-5,7-12H,3,6,13H2,(H,24,27)(H,25,26). The summed E-state index contributed by atoms with van der Waals surface area (Å²) in [6, 6.07) is 16.0. The second-order valence-corrected chi connectivity index (χ2v) is 6.49. The van der Waals surface area contributed by atoms with Gasteiger partial charge in [0.15, 0.2) is 5.76 Å². The second-order valence-electron chi connectivity index (χ2n) is 6.06. The van der Waals surface area contributed by atoms with Crippen LogP contribution in [0.15, 0.2) is 65.1 Å². The van der Waals surface area contributed by atoms with Crippen LogP contribution in [0.5, 0.6) is 0 Å².